The van der Waals surface area contributed by atoms with Gasteiger partial charge in [0.05, 0.1) is 25.4 Å². The van der Waals surface area contributed by atoms with Crippen LogP contribution in [0, 0.1) is 0 Å². The summed E-state index contributed by atoms with van der Waals surface area (Å²) in [6.07, 6.45) is 67.4. The second kappa shape index (κ2) is 54.7. The molecule has 0 saturated heterocycles. The number of hydrogen-bond donors (Lipinski definition) is 3. The molecule has 0 spiro atoms. The van der Waals surface area contributed by atoms with Gasteiger partial charge in [0.25, 0.3) is 0 Å². The fraction of sp³-hybridized carbons (Fsp3) is 0.864. The number of ether oxygens (including phenoxy) is 1. The maximum atomic E-state index is 12.5. The van der Waals surface area contributed by atoms with Gasteiger partial charge in [-0.2, -0.15) is 0 Å². The molecule has 0 rings (SSSR count). The van der Waals surface area contributed by atoms with Gasteiger partial charge in [-0.25, -0.2) is 0 Å². The van der Waals surface area contributed by atoms with Crippen LogP contribution in [0.4, 0.5) is 0 Å². The van der Waals surface area contributed by atoms with E-state index in [2.05, 4.69) is 43.5 Å². The molecule has 0 aromatic carbocycles. The molecule has 6 heteroatoms. The molecule has 2 atom stereocenters. The first-order chi connectivity index (χ1) is 32.0. The van der Waals surface area contributed by atoms with Gasteiger partial charge in [0.1, 0.15) is 0 Å². The largest absolute Gasteiger partial charge is 0.466 e. The summed E-state index contributed by atoms with van der Waals surface area (Å²) in [7, 11) is 0. The van der Waals surface area contributed by atoms with Crippen LogP contribution in [-0.2, 0) is 14.3 Å². The Morgan fingerprint density at radius 1 is 0.415 bits per heavy atom. The lowest BCUT2D eigenvalue weighted by atomic mass is 10.0. The summed E-state index contributed by atoms with van der Waals surface area (Å²) >= 11 is 0. The number of allylic oxidation sites excluding steroid dienone is 5. The van der Waals surface area contributed by atoms with Gasteiger partial charge in [-0.1, -0.05) is 243 Å². The number of rotatable bonds is 53. The van der Waals surface area contributed by atoms with Gasteiger partial charge in [-0.15, -0.1) is 0 Å². The molecule has 0 aliphatic carbocycles. The van der Waals surface area contributed by atoms with Crippen molar-refractivity contribution in [2.75, 3.05) is 13.2 Å². The van der Waals surface area contributed by atoms with Crippen molar-refractivity contribution in [2.24, 2.45) is 0 Å². The summed E-state index contributed by atoms with van der Waals surface area (Å²) in [6.45, 7) is 4.82. The van der Waals surface area contributed by atoms with Crippen molar-refractivity contribution in [3.8, 4) is 0 Å². The Bertz CT molecular complexity index is 1060. The highest BCUT2D eigenvalue weighted by molar-refractivity contribution is 5.76. The number of carbonyl (C=O) groups excluding carboxylic acids is 2. The van der Waals surface area contributed by atoms with Gasteiger partial charge in [0.2, 0.25) is 5.91 Å². The molecule has 0 saturated carbocycles. The predicted octanol–water partition coefficient (Wildman–Crippen LogP) is 17.6. The standard InChI is InChI=1S/C59H111NO5/c1-3-5-7-9-11-13-15-17-19-21-23-25-27-29-31-35-39-43-47-51-57(62)56(55-61)60-58(63)52-48-44-40-36-33-34-38-42-46-50-54-65-59(64)53-49-45-41-37-32-30-28-26-24-22-20-18-16-14-12-10-8-6-4-2/h18,20,34,38,47,51,56-57,61-62H,3-17,19,21-33,35-37,39-46,48-50,52-55H2,1-2H3,(H,60,63)/b20-18-,38-34-,51-47+. The highest BCUT2D eigenvalue weighted by Crippen LogP contribution is 2.16. The fourth-order valence-electron chi connectivity index (χ4n) is 8.68. The molecule has 6 nitrogen and oxygen atoms in total. The van der Waals surface area contributed by atoms with Gasteiger partial charge in [0, 0.05) is 12.8 Å². The van der Waals surface area contributed by atoms with Crippen molar-refractivity contribution in [3.63, 3.8) is 0 Å². The summed E-state index contributed by atoms with van der Waals surface area (Å²) in [5.41, 5.74) is 0. The highest BCUT2D eigenvalue weighted by atomic mass is 16.5. The van der Waals surface area contributed by atoms with E-state index in [0.29, 0.717) is 19.4 Å². The molecule has 65 heavy (non-hydrogen) atoms. The minimum Gasteiger partial charge on any atom is -0.466 e. The van der Waals surface area contributed by atoms with Gasteiger partial charge in [-0.3, -0.25) is 9.59 Å². The Hall–Kier alpha value is -1.92. The number of aliphatic hydroxyl groups is 2. The monoisotopic (exact) mass is 914 g/mol. The van der Waals surface area contributed by atoms with Gasteiger partial charge in [0.15, 0.2) is 0 Å². The van der Waals surface area contributed by atoms with E-state index >= 15 is 0 Å². The van der Waals surface area contributed by atoms with E-state index in [9.17, 15) is 19.8 Å². The van der Waals surface area contributed by atoms with Crippen molar-refractivity contribution < 1.29 is 24.5 Å². The van der Waals surface area contributed by atoms with Crippen molar-refractivity contribution >= 4 is 11.9 Å². The third-order valence-corrected chi connectivity index (χ3v) is 13.1. The third-order valence-electron chi connectivity index (χ3n) is 13.1. The maximum absolute atomic E-state index is 12.5. The first kappa shape index (κ1) is 63.1. The molecule has 1 amide bonds. The summed E-state index contributed by atoms with van der Waals surface area (Å²) in [4.78, 5) is 24.5. The molecule has 0 radical (unpaired) electrons. The van der Waals surface area contributed by atoms with E-state index in [1.165, 1.54) is 199 Å². The molecule has 0 aromatic heterocycles. The SMILES string of the molecule is CCCCCCCC/C=C\CCCCCCCCCCCC(=O)OCCCC/C=C\CCCCCCC(=O)NC(CO)C(O)/C=C/CCCCCCCCCCCCCCCCCCC. The highest BCUT2D eigenvalue weighted by Gasteiger charge is 2.18. The fourth-order valence-corrected chi connectivity index (χ4v) is 8.68. The van der Waals surface area contributed by atoms with E-state index in [-0.39, 0.29) is 18.5 Å². The van der Waals surface area contributed by atoms with Crippen LogP contribution in [0.15, 0.2) is 36.5 Å². The van der Waals surface area contributed by atoms with E-state index in [0.717, 1.165) is 77.0 Å². The summed E-state index contributed by atoms with van der Waals surface area (Å²) < 4.78 is 5.45. The lowest BCUT2D eigenvalue weighted by molar-refractivity contribution is -0.143. The topological polar surface area (TPSA) is 95.9 Å². The number of aliphatic hydroxyl groups excluding tert-OH is 2. The summed E-state index contributed by atoms with van der Waals surface area (Å²) in [5, 5.41) is 23.1. The average Bonchev–Trinajstić information content (AvgIpc) is 3.31. The lowest BCUT2D eigenvalue weighted by Crippen LogP contribution is -2.45. The molecule has 0 bridgehead atoms. The normalized spacial score (nSPS) is 12.9. The van der Waals surface area contributed by atoms with Gasteiger partial charge >= 0.3 is 5.97 Å². The van der Waals surface area contributed by atoms with E-state index in [4.69, 9.17) is 4.74 Å². The molecule has 382 valence electrons. The predicted molar refractivity (Wildman–Crippen MR) is 283 cm³/mol. The van der Waals surface area contributed by atoms with Crippen molar-refractivity contribution in [1.82, 2.24) is 5.32 Å². The molecule has 0 heterocycles. The number of amides is 1. The minimum atomic E-state index is -0.867. The van der Waals surface area contributed by atoms with Crippen LogP contribution >= 0.6 is 0 Å². The molecule has 0 aliphatic rings. The third kappa shape index (κ3) is 51.3. The Morgan fingerprint density at radius 2 is 0.723 bits per heavy atom. The molecule has 3 N–H and O–H groups in total. The second-order valence-corrected chi connectivity index (χ2v) is 19.6. The average molecular weight is 915 g/mol. The Balaban J connectivity index is 3.54. The summed E-state index contributed by atoms with van der Waals surface area (Å²) in [6, 6.07) is -0.654. The van der Waals surface area contributed by atoms with Crippen LogP contribution in [0.2, 0.25) is 0 Å². The molecule has 0 aromatic rings. The number of nitrogens with one attached hydrogen (secondary N) is 1. The molecular formula is C59H111NO5. The van der Waals surface area contributed by atoms with E-state index in [1.54, 1.807) is 6.08 Å². The number of esters is 1. The Morgan fingerprint density at radius 3 is 1.09 bits per heavy atom. The smallest absolute Gasteiger partial charge is 0.305 e. The first-order valence-corrected chi connectivity index (χ1v) is 28.8. The van der Waals surface area contributed by atoms with Crippen LogP contribution in [0.3, 0.4) is 0 Å². The first-order valence-electron chi connectivity index (χ1n) is 28.8. The maximum Gasteiger partial charge on any atom is 0.305 e. The molecule has 0 fully saturated rings. The molecular weight excluding hydrogens is 803 g/mol. The number of carbonyl (C=O) groups is 2. The van der Waals surface area contributed by atoms with E-state index < -0.39 is 12.1 Å². The zero-order valence-corrected chi connectivity index (χ0v) is 43.5. The van der Waals surface area contributed by atoms with Gasteiger partial charge < -0.3 is 20.3 Å². The summed E-state index contributed by atoms with van der Waals surface area (Å²) in [5.74, 6) is -0.141. The zero-order valence-electron chi connectivity index (χ0n) is 43.5. The number of unbranched alkanes of at least 4 members (excludes halogenated alkanes) is 38. The minimum absolute atomic E-state index is 0.0387. The Kier molecular flexibility index (Phi) is 53.1. The lowest BCUT2D eigenvalue weighted by Gasteiger charge is -2.20. The Labute approximate surface area is 404 Å². The van der Waals surface area contributed by atoms with Crippen LogP contribution in [0.5, 0.6) is 0 Å². The van der Waals surface area contributed by atoms with Gasteiger partial charge in [-0.05, 0) is 83.5 Å². The van der Waals surface area contributed by atoms with Crippen LogP contribution in [0.25, 0.3) is 0 Å². The number of hydrogen-bond acceptors (Lipinski definition) is 5. The second-order valence-electron chi connectivity index (χ2n) is 19.6. The van der Waals surface area contributed by atoms with Crippen LogP contribution in [0.1, 0.15) is 303 Å². The quantitative estimate of drug-likeness (QED) is 0.0321. The van der Waals surface area contributed by atoms with Crippen molar-refractivity contribution in [1.29, 1.82) is 0 Å². The van der Waals surface area contributed by atoms with Crippen LogP contribution < -0.4 is 5.32 Å². The molecule has 2 unspecified atom stereocenters. The van der Waals surface area contributed by atoms with Crippen molar-refractivity contribution in [2.45, 2.75) is 315 Å². The zero-order chi connectivity index (χ0) is 47.2. The van der Waals surface area contributed by atoms with Crippen molar-refractivity contribution in [3.05, 3.63) is 36.5 Å². The van der Waals surface area contributed by atoms with E-state index in [1.807, 2.05) is 6.08 Å². The van der Waals surface area contributed by atoms with Crippen LogP contribution in [-0.4, -0.2) is 47.4 Å². The molecule has 0 aliphatic heterocycles.